The minimum atomic E-state index is -4.47. The van der Waals surface area contributed by atoms with E-state index in [0.29, 0.717) is 35.3 Å². The Hall–Kier alpha value is -1.84. The topological polar surface area (TPSA) is 117 Å². The predicted molar refractivity (Wildman–Crippen MR) is 117 cm³/mol. The molecule has 0 amide bonds. The van der Waals surface area contributed by atoms with E-state index in [1.54, 1.807) is 6.07 Å². The maximum Gasteiger partial charge on any atom is 0.357 e. The number of anilines is 1. The highest BCUT2D eigenvalue weighted by Crippen LogP contribution is 2.63. The summed E-state index contributed by atoms with van der Waals surface area (Å²) in [6, 6.07) is 3.44. The molecule has 0 bridgehead atoms. The second-order valence-electron chi connectivity index (χ2n) is 8.99. The quantitative estimate of drug-likeness (QED) is 0.338. The molecule has 3 N–H and O–H groups in total. The summed E-state index contributed by atoms with van der Waals surface area (Å²) in [5.41, 5.74) is 2.56. The van der Waals surface area contributed by atoms with Crippen LogP contribution in [0.2, 0.25) is 0 Å². The number of oxime groups is 1. The highest BCUT2D eigenvalue weighted by atomic mass is 32.2. The summed E-state index contributed by atoms with van der Waals surface area (Å²) in [5, 5.41) is 13.4. The van der Waals surface area contributed by atoms with Crippen molar-refractivity contribution in [1.29, 1.82) is 0 Å². The van der Waals surface area contributed by atoms with Gasteiger partial charge in [-0.2, -0.15) is 8.42 Å². The Morgan fingerprint density at radius 3 is 2.65 bits per heavy atom. The van der Waals surface area contributed by atoms with Crippen LogP contribution in [0.5, 0.6) is 5.75 Å². The zero-order valence-corrected chi connectivity index (χ0v) is 19.1. The van der Waals surface area contributed by atoms with Crippen molar-refractivity contribution in [2.75, 3.05) is 18.4 Å². The highest BCUT2D eigenvalue weighted by Gasteiger charge is 2.57. The third kappa shape index (κ3) is 3.70. The molecule has 5 atom stereocenters. The molecule has 2 saturated carbocycles. The molecule has 1 aromatic carbocycles. The zero-order chi connectivity index (χ0) is 22.4. The number of hydrogen-bond donors (Lipinski definition) is 3. The van der Waals surface area contributed by atoms with Gasteiger partial charge >= 0.3 is 10.3 Å². The van der Waals surface area contributed by atoms with E-state index >= 15 is 0 Å². The first-order valence-corrected chi connectivity index (χ1v) is 12.5. The van der Waals surface area contributed by atoms with Crippen LogP contribution in [0.4, 0.5) is 5.69 Å². The van der Waals surface area contributed by atoms with Gasteiger partial charge < -0.3 is 14.7 Å². The monoisotopic (exact) mass is 452 g/mol. The van der Waals surface area contributed by atoms with Crippen molar-refractivity contribution in [2.45, 2.75) is 64.4 Å². The lowest BCUT2D eigenvalue weighted by Gasteiger charge is -2.52. The fraction of sp³-hybridized carbons (Fsp3) is 0.682. The lowest BCUT2D eigenvalue weighted by Crippen LogP contribution is -2.47. The van der Waals surface area contributed by atoms with E-state index in [0.717, 1.165) is 44.3 Å². The first-order valence-electron chi connectivity index (χ1n) is 11.1. The zero-order valence-electron chi connectivity index (χ0n) is 18.3. The molecule has 0 aliphatic heterocycles. The first-order chi connectivity index (χ1) is 14.8. The second kappa shape index (κ2) is 8.26. The van der Waals surface area contributed by atoms with Gasteiger partial charge in [0.1, 0.15) is 5.75 Å². The minimum absolute atomic E-state index is 0.124. The number of nitrogens with zero attached hydrogens (tertiary/aromatic N) is 1. The number of methoxy groups -OCH3 is 1. The van der Waals surface area contributed by atoms with Gasteiger partial charge in [0.25, 0.3) is 0 Å². The van der Waals surface area contributed by atoms with Crippen LogP contribution in [-0.4, -0.2) is 43.7 Å². The maximum absolute atomic E-state index is 11.4. The van der Waals surface area contributed by atoms with Crippen molar-refractivity contribution >= 4 is 21.7 Å². The molecule has 4 rings (SSSR count). The molecule has 2 fully saturated rings. The third-order valence-electron chi connectivity index (χ3n) is 7.97. The number of nitrogens with one attached hydrogen (secondary N) is 1. The second-order valence-corrected chi connectivity index (χ2v) is 10.1. The van der Waals surface area contributed by atoms with Crippen LogP contribution in [0.1, 0.15) is 69.4 Å². The van der Waals surface area contributed by atoms with Gasteiger partial charge in [0.05, 0.1) is 24.6 Å². The van der Waals surface area contributed by atoms with E-state index in [9.17, 15) is 18.2 Å². The molecule has 0 unspecified atom stereocenters. The van der Waals surface area contributed by atoms with Crippen molar-refractivity contribution in [3.63, 3.8) is 0 Å². The van der Waals surface area contributed by atoms with E-state index in [1.807, 2.05) is 6.07 Å². The number of ether oxygens (including phenoxy) is 2. The molecule has 0 heterocycles. The fourth-order valence-electron chi connectivity index (χ4n) is 6.81. The summed E-state index contributed by atoms with van der Waals surface area (Å²) in [6.45, 7) is 5.04. The van der Waals surface area contributed by atoms with E-state index in [2.05, 4.69) is 23.7 Å². The van der Waals surface area contributed by atoms with E-state index in [4.69, 9.17) is 9.47 Å². The standard InChI is InChI=1S/C22H32N2O6S/c1-4-22-9-8-13-14-12-20(29-3)19(24-31(26,27)28)11-16(14)18(23-25)10-15(13)17(22)6-7-21(22)30-5-2/h11-13,15,17,21,24-25H,4-10H2,1-3H3,(H,26,27,28)/b23-18+/t13-,15-,17+,21+,22+/m1/s1. The fourth-order valence-corrected chi connectivity index (χ4v) is 7.24. The predicted octanol–water partition coefficient (Wildman–Crippen LogP) is 4.20. The Morgan fingerprint density at radius 1 is 1.26 bits per heavy atom. The van der Waals surface area contributed by atoms with Gasteiger partial charge in [0.15, 0.2) is 0 Å². The van der Waals surface area contributed by atoms with Crippen molar-refractivity contribution in [3.8, 4) is 5.75 Å². The summed E-state index contributed by atoms with van der Waals surface area (Å²) >= 11 is 0. The molecule has 0 spiro atoms. The SMILES string of the molecule is CCO[C@H]1CC[C@H]2[C@@H]3C/C(=N\O)c4cc(NS(=O)(=O)O)c(OC)cc4[C@H]3CC[C@]12CC. The van der Waals surface area contributed by atoms with E-state index < -0.39 is 10.3 Å². The van der Waals surface area contributed by atoms with Gasteiger partial charge in [-0.25, -0.2) is 0 Å². The van der Waals surface area contributed by atoms with Crippen molar-refractivity contribution in [2.24, 2.45) is 22.4 Å². The van der Waals surface area contributed by atoms with E-state index in [1.165, 1.54) is 7.11 Å². The molecular weight excluding hydrogens is 420 g/mol. The normalized spacial score (nSPS) is 33.5. The van der Waals surface area contributed by atoms with Gasteiger partial charge in [-0.3, -0.25) is 9.27 Å². The van der Waals surface area contributed by atoms with Gasteiger partial charge in [0, 0.05) is 12.2 Å². The summed E-state index contributed by atoms with van der Waals surface area (Å²) < 4.78 is 45.7. The molecule has 172 valence electrons. The molecule has 1 aromatic rings. The van der Waals surface area contributed by atoms with Crippen LogP contribution in [0.15, 0.2) is 17.3 Å². The molecule has 8 nitrogen and oxygen atoms in total. The highest BCUT2D eigenvalue weighted by molar-refractivity contribution is 7.87. The molecule has 3 aliphatic carbocycles. The molecular formula is C22H32N2O6S. The summed E-state index contributed by atoms with van der Waals surface area (Å²) in [7, 11) is -3.00. The lowest BCUT2D eigenvalue weighted by molar-refractivity contribution is -0.0707. The van der Waals surface area contributed by atoms with Gasteiger partial charge in [0.2, 0.25) is 0 Å². The van der Waals surface area contributed by atoms with Crippen LogP contribution in [0.3, 0.4) is 0 Å². The van der Waals surface area contributed by atoms with Crippen molar-refractivity contribution < 1.29 is 27.7 Å². The maximum atomic E-state index is 11.4. The van der Waals surface area contributed by atoms with E-state index in [-0.39, 0.29) is 23.1 Å². The Labute approximate surface area is 183 Å². The molecule has 3 aliphatic rings. The first kappa shape index (κ1) is 22.4. The Morgan fingerprint density at radius 2 is 2.03 bits per heavy atom. The van der Waals surface area contributed by atoms with Gasteiger partial charge in [-0.15, -0.1) is 0 Å². The van der Waals surface area contributed by atoms with Crippen LogP contribution in [0.25, 0.3) is 0 Å². The van der Waals surface area contributed by atoms with Crippen LogP contribution in [0, 0.1) is 17.3 Å². The average molecular weight is 453 g/mol. The average Bonchev–Trinajstić information content (AvgIpc) is 3.10. The Kier molecular flexibility index (Phi) is 5.95. The number of hydrogen-bond acceptors (Lipinski definition) is 6. The van der Waals surface area contributed by atoms with Crippen molar-refractivity contribution in [3.05, 3.63) is 23.3 Å². The Bertz CT molecular complexity index is 978. The van der Waals surface area contributed by atoms with Gasteiger partial charge in [-0.05, 0) is 86.3 Å². The third-order valence-corrected chi connectivity index (χ3v) is 8.45. The van der Waals surface area contributed by atoms with Gasteiger partial charge in [-0.1, -0.05) is 12.1 Å². The number of rotatable bonds is 6. The Balaban J connectivity index is 1.77. The molecule has 0 saturated heterocycles. The summed E-state index contributed by atoms with van der Waals surface area (Å²) in [5.74, 6) is 1.43. The largest absolute Gasteiger partial charge is 0.495 e. The molecule has 0 aromatic heterocycles. The lowest BCUT2D eigenvalue weighted by atomic mass is 9.53. The van der Waals surface area contributed by atoms with Crippen LogP contribution < -0.4 is 9.46 Å². The van der Waals surface area contributed by atoms with Crippen molar-refractivity contribution in [1.82, 2.24) is 0 Å². The number of benzene rings is 1. The number of fused-ring (bicyclic) bond motifs is 5. The van der Waals surface area contributed by atoms with Crippen LogP contribution in [-0.2, 0) is 15.0 Å². The molecule has 31 heavy (non-hydrogen) atoms. The van der Waals surface area contributed by atoms with Crippen LogP contribution >= 0.6 is 0 Å². The molecule has 9 heteroatoms. The molecule has 0 radical (unpaired) electrons. The smallest absolute Gasteiger partial charge is 0.357 e. The minimum Gasteiger partial charge on any atom is -0.495 e. The summed E-state index contributed by atoms with van der Waals surface area (Å²) in [4.78, 5) is 0. The summed E-state index contributed by atoms with van der Waals surface area (Å²) in [6.07, 6.45) is 6.24.